The average Bonchev–Trinajstić information content (AvgIpc) is 2.34. The molecule has 0 heterocycles. The van der Waals surface area contributed by atoms with E-state index < -0.39 is 4.92 Å². The van der Waals surface area contributed by atoms with Crippen molar-refractivity contribution in [3.63, 3.8) is 0 Å². The van der Waals surface area contributed by atoms with Crippen molar-refractivity contribution in [2.75, 3.05) is 18.5 Å². The van der Waals surface area contributed by atoms with Crippen LogP contribution >= 0.6 is 0 Å². The van der Waals surface area contributed by atoms with Crippen molar-refractivity contribution in [1.82, 2.24) is 0 Å². The van der Waals surface area contributed by atoms with Crippen LogP contribution in [0.5, 0.6) is 0 Å². The van der Waals surface area contributed by atoms with Crippen molar-refractivity contribution >= 4 is 11.4 Å². The summed E-state index contributed by atoms with van der Waals surface area (Å²) in [5, 5.41) is 31.4. The molecule has 1 unspecified atom stereocenters. The van der Waals surface area contributed by atoms with Crippen LogP contribution in [0.25, 0.3) is 0 Å². The van der Waals surface area contributed by atoms with Crippen LogP contribution in [-0.4, -0.2) is 23.2 Å². The molecule has 0 aliphatic heterocycles. The third-order valence-electron chi connectivity index (χ3n) is 2.29. The number of nitro benzene ring substituents is 1. The molecule has 1 aromatic carbocycles. The van der Waals surface area contributed by atoms with Gasteiger partial charge >= 0.3 is 5.69 Å². The second-order valence-corrected chi connectivity index (χ2v) is 3.74. The first-order valence-electron chi connectivity index (χ1n) is 5.12. The third-order valence-corrected chi connectivity index (χ3v) is 2.29. The Morgan fingerprint density at radius 3 is 2.88 bits per heavy atom. The second-order valence-electron chi connectivity index (χ2n) is 3.74. The Hall–Kier alpha value is -2.13. The predicted octanol–water partition coefficient (Wildman–Crippen LogP) is 1.51. The third kappa shape index (κ3) is 3.16. The van der Waals surface area contributed by atoms with Crippen LogP contribution in [-0.2, 0) is 0 Å². The van der Waals surface area contributed by atoms with E-state index in [1.807, 2.05) is 6.92 Å². The van der Waals surface area contributed by atoms with E-state index in [1.54, 1.807) is 18.2 Å². The van der Waals surface area contributed by atoms with Gasteiger partial charge in [-0.15, -0.1) is 0 Å². The number of hydrogen-bond donors (Lipinski definition) is 2. The summed E-state index contributed by atoms with van der Waals surface area (Å²) in [5.41, 5.74) is 0.103. The number of para-hydroxylation sites is 1. The Balaban J connectivity index is 2.99. The Morgan fingerprint density at radius 2 is 2.35 bits per heavy atom. The highest BCUT2D eigenvalue weighted by molar-refractivity contribution is 5.68. The van der Waals surface area contributed by atoms with Crippen LogP contribution in [0.15, 0.2) is 18.2 Å². The number of hydrogen-bond acceptors (Lipinski definition) is 5. The first-order valence-corrected chi connectivity index (χ1v) is 5.12. The number of nitrogens with one attached hydrogen (secondary N) is 1. The van der Waals surface area contributed by atoms with Gasteiger partial charge in [-0.1, -0.05) is 13.0 Å². The van der Waals surface area contributed by atoms with Gasteiger partial charge in [0.05, 0.1) is 4.92 Å². The molecule has 2 N–H and O–H groups in total. The monoisotopic (exact) mass is 235 g/mol. The van der Waals surface area contributed by atoms with Gasteiger partial charge < -0.3 is 10.4 Å². The van der Waals surface area contributed by atoms with E-state index in [4.69, 9.17) is 10.4 Å². The van der Waals surface area contributed by atoms with Crippen molar-refractivity contribution in [3.05, 3.63) is 33.9 Å². The fourth-order valence-corrected chi connectivity index (χ4v) is 1.32. The molecular weight excluding hydrogens is 222 g/mol. The molecule has 0 fully saturated rings. The minimum atomic E-state index is -0.579. The highest BCUT2D eigenvalue weighted by Gasteiger charge is 2.19. The molecule has 1 rings (SSSR count). The van der Waals surface area contributed by atoms with Crippen molar-refractivity contribution < 1.29 is 10.0 Å². The van der Waals surface area contributed by atoms with Crippen molar-refractivity contribution in [3.8, 4) is 6.07 Å². The molecule has 1 aromatic rings. The van der Waals surface area contributed by atoms with Gasteiger partial charge in [0.1, 0.15) is 17.3 Å². The maximum absolute atomic E-state index is 10.9. The zero-order chi connectivity index (χ0) is 12.8. The number of anilines is 1. The molecule has 1 atom stereocenters. The topological polar surface area (TPSA) is 99.2 Å². The largest absolute Gasteiger partial charge is 0.396 e. The lowest BCUT2D eigenvalue weighted by molar-refractivity contribution is -0.384. The molecule has 0 saturated carbocycles. The molecule has 0 aliphatic carbocycles. The molecule has 0 bridgehead atoms. The number of aliphatic hydroxyl groups excluding tert-OH is 1. The number of benzene rings is 1. The standard InChI is InChI=1S/C11H13N3O3/c1-8(7-15)6-13-10-4-2-3-9(5-12)11(10)14(16)17/h2-4,8,13,15H,6-7H2,1H3. The minimum Gasteiger partial charge on any atom is -0.396 e. The fourth-order valence-electron chi connectivity index (χ4n) is 1.32. The summed E-state index contributed by atoms with van der Waals surface area (Å²) in [7, 11) is 0. The summed E-state index contributed by atoms with van der Waals surface area (Å²) in [5.74, 6) is -0.0136. The number of nitro groups is 1. The lowest BCUT2D eigenvalue weighted by Gasteiger charge is -2.11. The van der Waals surface area contributed by atoms with Crippen molar-refractivity contribution in [2.24, 2.45) is 5.92 Å². The Bertz CT molecular complexity index is 454. The normalized spacial score (nSPS) is 11.6. The van der Waals surface area contributed by atoms with Crippen LogP contribution in [0.1, 0.15) is 12.5 Å². The Labute approximate surface area is 98.6 Å². The number of rotatable bonds is 5. The maximum Gasteiger partial charge on any atom is 0.309 e. The first kappa shape index (κ1) is 12.9. The smallest absolute Gasteiger partial charge is 0.309 e. The number of nitriles is 1. The molecule has 6 nitrogen and oxygen atoms in total. The van der Waals surface area contributed by atoms with E-state index in [0.29, 0.717) is 12.2 Å². The summed E-state index contributed by atoms with van der Waals surface area (Å²) in [6.07, 6.45) is 0. The summed E-state index contributed by atoms with van der Waals surface area (Å²) in [6, 6.07) is 6.32. The molecule has 0 saturated heterocycles. The van der Waals surface area contributed by atoms with Crippen molar-refractivity contribution in [1.29, 1.82) is 5.26 Å². The van der Waals surface area contributed by atoms with Gasteiger partial charge in [-0.2, -0.15) is 5.26 Å². The van der Waals surface area contributed by atoms with Crippen LogP contribution in [0.4, 0.5) is 11.4 Å². The lowest BCUT2D eigenvalue weighted by Crippen LogP contribution is -2.15. The van der Waals surface area contributed by atoms with Gasteiger partial charge in [-0.3, -0.25) is 10.1 Å². The lowest BCUT2D eigenvalue weighted by atomic mass is 10.1. The summed E-state index contributed by atoms with van der Waals surface area (Å²) >= 11 is 0. The molecule has 0 radical (unpaired) electrons. The van der Waals surface area contributed by atoms with E-state index in [-0.39, 0.29) is 23.8 Å². The molecule has 0 amide bonds. The van der Waals surface area contributed by atoms with Gasteiger partial charge in [0.2, 0.25) is 0 Å². The summed E-state index contributed by atoms with van der Waals surface area (Å²) < 4.78 is 0. The zero-order valence-electron chi connectivity index (χ0n) is 9.38. The maximum atomic E-state index is 10.9. The fraction of sp³-hybridized carbons (Fsp3) is 0.364. The van der Waals surface area contributed by atoms with E-state index in [2.05, 4.69) is 5.32 Å². The number of aliphatic hydroxyl groups is 1. The van der Waals surface area contributed by atoms with Crippen molar-refractivity contribution in [2.45, 2.75) is 6.92 Å². The molecule has 0 aliphatic rings. The van der Waals surface area contributed by atoms with E-state index in [1.165, 1.54) is 6.07 Å². The predicted molar refractivity (Wildman–Crippen MR) is 62.6 cm³/mol. The quantitative estimate of drug-likeness (QED) is 0.595. The molecular formula is C11H13N3O3. The number of nitrogens with zero attached hydrogens (tertiary/aromatic N) is 2. The van der Waals surface area contributed by atoms with Gasteiger partial charge in [-0.25, -0.2) is 0 Å². The zero-order valence-corrected chi connectivity index (χ0v) is 9.38. The van der Waals surface area contributed by atoms with Gasteiger partial charge in [0, 0.05) is 13.2 Å². The minimum absolute atomic E-state index is 0.00125. The molecule has 90 valence electrons. The van der Waals surface area contributed by atoms with Crippen LogP contribution in [0.3, 0.4) is 0 Å². The van der Waals surface area contributed by atoms with Gasteiger partial charge in [-0.05, 0) is 18.1 Å². The van der Waals surface area contributed by atoms with Crippen LogP contribution in [0.2, 0.25) is 0 Å². The first-order chi connectivity index (χ1) is 8.10. The van der Waals surface area contributed by atoms with Crippen LogP contribution < -0.4 is 5.32 Å². The SMILES string of the molecule is CC(CO)CNc1cccc(C#N)c1[N+](=O)[O-]. The molecule has 0 aromatic heterocycles. The van der Waals surface area contributed by atoms with Gasteiger partial charge in [0.15, 0.2) is 0 Å². The molecule has 17 heavy (non-hydrogen) atoms. The average molecular weight is 235 g/mol. The second kappa shape index (κ2) is 5.82. The van der Waals surface area contributed by atoms with E-state index >= 15 is 0 Å². The summed E-state index contributed by atoms with van der Waals surface area (Å²) in [4.78, 5) is 10.3. The highest BCUT2D eigenvalue weighted by atomic mass is 16.6. The molecule has 6 heteroatoms. The van der Waals surface area contributed by atoms with E-state index in [0.717, 1.165) is 0 Å². The Kier molecular flexibility index (Phi) is 4.43. The highest BCUT2D eigenvalue weighted by Crippen LogP contribution is 2.28. The Morgan fingerprint density at radius 1 is 1.65 bits per heavy atom. The molecule has 0 spiro atoms. The van der Waals surface area contributed by atoms with Gasteiger partial charge in [0.25, 0.3) is 0 Å². The van der Waals surface area contributed by atoms with E-state index in [9.17, 15) is 10.1 Å². The van der Waals surface area contributed by atoms with Crippen LogP contribution in [0, 0.1) is 27.4 Å². The summed E-state index contributed by atoms with van der Waals surface area (Å²) in [6.45, 7) is 2.22.